The number of fused-ring (bicyclic) bond motifs is 2. The fourth-order valence-corrected chi connectivity index (χ4v) is 4.52. The highest BCUT2D eigenvalue weighted by Gasteiger charge is 2.43. The minimum absolute atomic E-state index is 0.0382. The van der Waals surface area contributed by atoms with Crippen molar-refractivity contribution in [1.29, 1.82) is 0 Å². The lowest BCUT2D eigenvalue weighted by molar-refractivity contribution is 0.0711. The number of rotatable bonds is 5. The van der Waals surface area contributed by atoms with Crippen LogP contribution in [-0.2, 0) is 22.5 Å². The van der Waals surface area contributed by atoms with Crippen molar-refractivity contribution in [3.05, 3.63) is 48.2 Å². The van der Waals surface area contributed by atoms with Gasteiger partial charge in [-0.15, -0.1) is 0 Å². The van der Waals surface area contributed by atoms with Gasteiger partial charge >= 0.3 is 12.2 Å². The number of nitrogens with zero attached hydrogens (tertiary/aromatic N) is 2. The van der Waals surface area contributed by atoms with Gasteiger partial charge in [0, 0.05) is 17.8 Å². The Balaban J connectivity index is 1.27. The van der Waals surface area contributed by atoms with Gasteiger partial charge in [-0.2, -0.15) is 0 Å². The average Bonchev–Trinajstić information content (AvgIpc) is 3.33. The van der Waals surface area contributed by atoms with Gasteiger partial charge in [0.05, 0.1) is 13.3 Å². The summed E-state index contributed by atoms with van der Waals surface area (Å²) in [5.74, 6) is 1.04. The number of carbonyl (C=O) groups is 2. The Morgan fingerprint density at radius 3 is 2.55 bits per heavy atom. The second kappa shape index (κ2) is 8.55. The molecule has 0 aliphatic carbocycles. The summed E-state index contributed by atoms with van der Waals surface area (Å²) in [7, 11) is 1.45. The van der Waals surface area contributed by atoms with Crippen molar-refractivity contribution in [2.75, 3.05) is 12.4 Å². The standard InChI is InChI=1S/C21H25N3O5/c1-27-21(26)24-17-6-7-18(24)10-15(9-17)8-14-2-4-16(5-3-14)23-20(25)28-12-19-11-22-13-29-19/h2-5,11,13,15,17-18H,6-10,12H2,1H3,(H,23,25). The number of oxazole rings is 1. The second-order valence-electron chi connectivity index (χ2n) is 7.67. The molecular formula is C21H25N3O5. The Labute approximate surface area is 169 Å². The highest BCUT2D eigenvalue weighted by Crippen LogP contribution is 2.40. The molecule has 0 spiro atoms. The van der Waals surface area contributed by atoms with Crippen LogP contribution < -0.4 is 5.32 Å². The number of piperidine rings is 1. The molecule has 0 radical (unpaired) electrons. The molecule has 1 aromatic heterocycles. The van der Waals surface area contributed by atoms with Crippen molar-refractivity contribution >= 4 is 17.9 Å². The van der Waals surface area contributed by atoms with Gasteiger partial charge in [0.15, 0.2) is 18.8 Å². The van der Waals surface area contributed by atoms with Gasteiger partial charge < -0.3 is 18.8 Å². The maximum atomic E-state index is 12.0. The number of anilines is 1. The predicted octanol–water partition coefficient (Wildman–Crippen LogP) is 3.98. The van der Waals surface area contributed by atoms with Gasteiger partial charge in [-0.3, -0.25) is 5.32 Å². The molecule has 0 saturated carbocycles. The first kappa shape index (κ1) is 19.3. The van der Waals surface area contributed by atoms with E-state index in [2.05, 4.69) is 10.3 Å². The molecule has 3 heterocycles. The molecule has 2 fully saturated rings. The SMILES string of the molecule is COC(=O)N1C2CCC1CC(Cc1ccc(NC(=O)OCc3cnco3)cc1)C2. The number of hydrogen-bond donors (Lipinski definition) is 1. The largest absolute Gasteiger partial charge is 0.453 e. The van der Waals surface area contributed by atoms with Gasteiger partial charge in [-0.1, -0.05) is 12.1 Å². The first-order valence-electron chi connectivity index (χ1n) is 9.88. The number of nitrogens with one attached hydrogen (secondary N) is 1. The van der Waals surface area contributed by atoms with Crippen LogP contribution in [-0.4, -0.2) is 41.3 Å². The van der Waals surface area contributed by atoms with Crippen LogP contribution in [0.3, 0.4) is 0 Å². The van der Waals surface area contributed by atoms with E-state index in [0.717, 1.165) is 32.1 Å². The lowest BCUT2D eigenvalue weighted by Crippen LogP contribution is -2.46. The summed E-state index contributed by atoms with van der Waals surface area (Å²) < 4.78 is 15.0. The number of amides is 2. The smallest absolute Gasteiger partial charge is 0.412 e. The van der Waals surface area contributed by atoms with Gasteiger partial charge in [-0.25, -0.2) is 14.6 Å². The molecule has 8 heteroatoms. The van der Waals surface area contributed by atoms with Crippen molar-refractivity contribution in [2.24, 2.45) is 5.92 Å². The molecule has 2 amide bonds. The number of carbonyl (C=O) groups excluding carboxylic acids is 2. The molecule has 29 heavy (non-hydrogen) atoms. The second-order valence-corrected chi connectivity index (χ2v) is 7.67. The molecule has 4 rings (SSSR count). The third kappa shape index (κ3) is 4.52. The van der Waals surface area contributed by atoms with E-state index in [1.807, 2.05) is 29.2 Å². The summed E-state index contributed by atoms with van der Waals surface area (Å²) in [5, 5.41) is 2.70. The topological polar surface area (TPSA) is 93.9 Å². The molecule has 2 atom stereocenters. The molecule has 154 valence electrons. The van der Waals surface area contributed by atoms with Crippen LogP contribution in [0.15, 0.2) is 41.3 Å². The predicted molar refractivity (Wildman–Crippen MR) is 104 cm³/mol. The van der Waals surface area contributed by atoms with Crippen LogP contribution in [0.1, 0.15) is 37.0 Å². The van der Waals surface area contributed by atoms with E-state index in [4.69, 9.17) is 13.9 Å². The zero-order valence-electron chi connectivity index (χ0n) is 16.4. The summed E-state index contributed by atoms with van der Waals surface area (Å²) in [6.45, 7) is 0.0382. The Morgan fingerprint density at radius 2 is 1.93 bits per heavy atom. The normalized spacial score (nSPS) is 22.9. The van der Waals surface area contributed by atoms with Crippen molar-refractivity contribution in [3.8, 4) is 0 Å². The van der Waals surface area contributed by atoms with Gasteiger partial charge in [0.25, 0.3) is 0 Å². The molecule has 2 aromatic rings. The molecule has 2 aliphatic heterocycles. The van der Waals surface area contributed by atoms with E-state index in [0.29, 0.717) is 29.4 Å². The summed E-state index contributed by atoms with van der Waals surface area (Å²) >= 11 is 0. The fraction of sp³-hybridized carbons (Fsp3) is 0.476. The first-order valence-corrected chi connectivity index (χ1v) is 9.88. The van der Waals surface area contributed by atoms with Crippen LogP contribution in [0.5, 0.6) is 0 Å². The van der Waals surface area contributed by atoms with E-state index >= 15 is 0 Å². The van der Waals surface area contributed by atoms with Gasteiger partial charge in [0.2, 0.25) is 0 Å². The lowest BCUT2D eigenvalue weighted by Gasteiger charge is -2.38. The van der Waals surface area contributed by atoms with Crippen LogP contribution in [0, 0.1) is 5.92 Å². The maximum Gasteiger partial charge on any atom is 0.412 e. The lowest BCUT2D eigenvalue weighted by atomic mass is 9.86. The number of benzene rings is 1. The Kier molecular flexibility index (Phi) is 5.69. The fourth-order valence-electron chi connectivity index (χ4n) is 4.52. The zero-order chi connectivity index (χ0) is 20.2. The van der Waals surface area contributed by atoms with Crippen LogP contribution in [0.25, 0.3) is 0 Å². The summed E-state index contributed by atoms with van der Waals surface area (Å²) in [6, 6.07) is 8.41. The van der Waals surface area contributed by atoms with E-state index in [-0.39, 0.29) is 12.7 Å². The highest BCUT2D eigenvalue weighted by atomic mass is 16.6. The van der Waals surface area contributed by atoms with Crippen LogP contribution in [0.4, 0.5) is 15.3 Å². The van der Waals surface area contributed by atoms with E-state index in [1.54, 1.807) is 0 Å². The van der Waals surface area contributed by atoms with E-state index in [1.165, 1.54) is 25.3 Å². The summed E-state index contributed by atoms with van der Waals surface area (Å²) in [5.41, 5.74) is 1.90. The molecule has 2 saturated heterocycles. The highest BCUT2D eigenvalue weighted by molar-refractivity contribution is 5.84. The molecule has 2 unspecified atom stereocenters. The third-order valence-corrected chi connectivity index (χ3v) is 5.77. The van der Waals surface area contributed by atoms with Gasteiger partial charge in [0.1, 0.15) is 0 Å². The molecule has 1 N–H and O–H groups in total. The maximum absolute atomic E-state index is 12.0. The van der Waals surface area contributed by atoms with Crippen LogP contribution in [0.2, 0.25) is 0 Å². The average molecular weight is 399 g/mol. The molecular weight excluding hydrogens is 374 g/mol. The number of ether oxygens (including phenoxy) is 2. The molecule has 1 aromatic carbocycles. The van der Waals surface area contributed by atoms with E-state index < -0.39 is 6.09 Å². The van der Waals surface area contributed by atoms with Crippen molar-refractivity contribution in [1.82, 2.24) is 9.88 Å². The Morgan fingerprint density at radius 1 is 1.21 bits per heavy atom. The minimum Gasteiger partial charge on any atom is -0.453 e. The van der Waals surface area contributed by atoms with Crippen LogP contribution >= 0.6 is 0 Å². The van der Waals surface area contributed by atoms with Gasteiger partial charge in [-0.05, 0) is 55.7 Å². The summed E-state index contributed by atoms with van der Waals surface area (Å²) in [6.07, 6.45) is 7.19. The van der Waals surface area contributed by atoms with Crippen molar-refractivity contribution < 1.29 is 23.5 Å². The molecule has 8 nitrogen and oxygen atoms in total. The Bertz CT molecular complexity index is 823. The van der Waals surface area contributed by atoms with Crippen molar-refractivity contribution in [2.45, 2.75) is 50.8 Å². The van der Waals surface area contributed by atoms with Crippen molar-refractivity contribution in [3.63, 3.8) is 0 Å². The summed E-state index contributed by atoms with van der Waals surface area (Å²) in [4.78, 5) is 29.6. The zero-order valence-corrected chi connectivity index (χ0v) is 16.4. The number of methoxy groups -OCH3 is 1. The first-order chi connectivity index (χ1) is 14.1. The monoisotopic (exact) mass is 399 g/mol. The Hall–Kier alpha value is -3.03. The molecule has 2 bridgehead atoms. The molecule has 2 aliphatic rings. The quantitative estimate of drug-likeness (QED) is 0.817. The minimum atomic E-state index is -0.541. The number of aromatic nitrogens is 1. The number of hydrogen-bond acceptors (Lipinski definition) is 6. The van der Waals surface area contributed by atoms with E-state index in [9.17, 15) is 9.59 Å². The third-order valence-electron chi connectivity index (χ3n) is 5.77.